The van der Waals surface area contributed by atoms with Gasteiger partial charge in [0.2, 0.25) is 0 Å². The van der Waals surface area contributed by atoms with Crippen molar-refractivity contribution < 1.29 is 28.2 Å². The van der Waals surface area contributed by atoms with Crippen LogP contribution in [0, 0.1) is 0 Å². The van der Waals surface area contributed by atoms with Gasteiger partial charge in [0.25, 0.3) is 0 Å². The average molecular weight is 292 g/mol. The molecule has 20 heavy (non-hydrogen) atoms. The normalized spacial score (nSPS) is 16.8. The zero-order valence-corrected chi connectivity index (χ0v) is 10.7. The Balaban J connectivity index is 2.56. The Kier molecular flexibility index (Phi) is 4.07. The number of aliphatic hydroxyl groups excluding tert-OH is 1. The molecular formula is C12H15F3N2O3. The van der Waals surface area contributed by atoms with Crippen LogP contribution in [0.4, 0.5) is 24.5 Å². The monoisotopic (exact) mass is 292 g/mol. The van der Waals surface area contributed by atoms with E-state index in [4.69, 9.17) is 9.94 Å². The van der Waals surface area contributed by atoms with Gasteiger partial charge in [-0.2, -0.15) is 13.2 Å². The smallest absolute Gasteiger partial charge is 0.371 e. The topological polar surface area (TPSA) is 65.0 Å². The Morgan fingerprint density at radius 2 is 2.00 bits per heavy atom. The van der Waals surface area contributed by atoms with Gasteiger partial charge in [0.15, 0.2) is 6.29 Å². The van der Waals surface area contributed by atoms with Gasteiger partial charge in [0.05, 0.1) is 11.3 Å². The molecule has 3 N–H and O–H groups in total. The summed E-state index contributed by atoms with van der Waals surface area (Å²) in [5.74, 6) is 0. The lowest BCUT2D eigenvalue weighted by Gasteiger charge is -2.36. The minimum Gasteiger partial charge on any atom is -0.371 e. The number of anilines is 2. The first-order valence-corrected chi connectivity index (χ1v) is 5.99. The van der Waals surface area contributed by atoms with Crippen molar-refractivity contribution >= 4 is 11.4 Å². The molecule has 1 aliphatic rings. The van der Waals surface area contributed by atoms with Gasteiger partial charge in [-0.05, 0) is 18.6 Å². The van der Waals surface area contributed by atoms with Crippen LogP contribution < -0.4 is 10.4 Å². The number of halogens is 3. The zero-order valence-electron chi connectivity index (χ0n) is 10.7. The molecule has 1 atom stereocenters. The minimum atomic E-state index is -4.55. The number of methoxy groups -OCH3 is 1. The van der Waals surface area contributed by atoms with Gasteiger partial charge < -0.3 is 14.7 Å². The van der Waals surface area contributed by atoms with E-state index in [0.29, 0.717) is 13.1 Å². The molecule has 1 fully saturated rings. The van der Waals surface area contributed by atoms with Crippen molar-refractivity contribution in [3.63, 3.8) is 0 Å². The second-order valence-corrected chi connectivity index (χ2v) is 4.49. The van der Waals surface area contributed by atoms with Crippen LogP contribution in [0.15, 0.2) is 12.1 Å². The highest BCUT2D eigenvalue weighted by molar-refractivity contribution is 5.66. The summed E-state index contributed by atoms with van der Waals surface area (Å²) in [6.07, 6.45) is -5.15. The van der Waals surface area contributed by atoms with Crippen molar-refractivity contribution in [2.24, 2.45) is 0 Å². The fourth-order valence-corrected chi connectivity index (χ4v) is 2.08. The number of nitrogens with zero attached hydrogens (tertiary/aromatic N) is 1. The van der Waals surface area contributed by atoms with Crippen LogP contribution in [-0.2, 0) is 10.9 Å². The Morgan fingerprint density at radius 3 is 2.40 bits per heavy atom. The number of rotatable bonds is 4. The number of hydrogen-bond donors (Lipinski definition) is 3. The highest BCUT2D eigenvalue weighted by atomic mass is 19.4. The van der Waals surface area contributed by atoms with Gasteiger partial charge in [-0.15, -0.1) is 0 Å². The van der Waals surface area contributed by atoms with Crippen molar-refractivity contribution in [3.8, 4) is 0 Å². The van der Waals surface area contributed by atoms with Crippen molar-refractivity contribution in [1.29, 1.82) is 0 Å². The van der Waals surface area contributed by atoms with Gasteiger partial charge in [0.1, 0.15) is 0 Å². The van der Waals surface area contributed by atoms with E-state index in [-0.39, 0.29) is 16.9 Å². The predicted molar refractivity (Wildman–Crippen MR) is 65.7 cm³/mol. The third kappa shape index (κ3) is 2.67. The summed E-state index contributed by atoms with van der Waals surface area (Å²) in [5, 5.41) is 18.6. The van der Waals surface area contributed by atoms with E-state index in [2.05, 4.69) is 0 Å². The lowest BCUT2D eigenvalue weighted by atomic mass is 10.0. The van der Waals surface area contributed by atoms with Gasteiger partial charge >= 0.3 is 6.18 Å². The molecule has 5 nitrogen and oxygen atoms in total. The largest absolute Gasteiger partial charge is 0.418 e. The van der Waals surface area contributed by atoms with E-state index in [1.165, 1.54) is 13.2 Å². The first-order chi connectivity index (χ1) is 9.38. The third-order valence-corrected chi connectivity index (χ3v) is 3.28. The van der Waals surface area contributed by atoms with Crippen molar-refractivity contribution in [3.05, 3.63) is 23.3 Å². The van der Waals surface area contributed by atoms with Crippen LogP contribution in [0.25, 0.3) is 0 Å². The number of benzene rings is 1. The zero-order chi connectivity index (χ0) is 14.9. The molecule has 1 unspecified atom stereocenters. The molecular weight excluding hydrogens is 277 g/mol. The van der Waals surface area contributed by atoms with Gasteiger partial charge in [-0.3, -0.25) is 10.7 Å². The Bertz CT molecular complexity index is 490. The highest BCUT2D eigenvalue weighted by Crippen LogP contribution is 2.42. The van der Waals surface area contributed by atoms with Crippen molar-refractivity contribution in [1.82, 2.24) is 0 Å². The molecule has 0 bridgehead atoms. The van der Waals surface area contributed by atoms with Crippen LogP contribution in [-0.4, -0.2) is 30.5 Å². The second kappa shape index (κ2) is 5.47. The number of ether oxygens (including phenoxy) is 1. The number of aliphatic hydroxyl groups is 1. The van der Waals surface area contributed by atoms with Crippen LogP contribution in [0.2, 0.25) is 0 Å². The summed E-state index contributed by atoms with van der Waals surface area (Å²) < 4.78 is 43.9. The fraction of sp³-hybridized carbons (Fsp3) is 0.500. The summed E-state index contributed by atoms with van der Waals surface area (Å²) in [4.78, 5) is 1.57. The van der Waals surface area contributed by atoms with Crippen LogP contribution in [0.3, 0.4) is 0 Å². The molecule has 0 aliphatic carbocycles. The van der Waals surface area contributed by atoms with Gasteiger partial charge in [0, 0.05) is 31.5 Å². The van der Waals surface area contributed by atoms with Gasteiger partial charge in [-0.1, -0.05) is 0 Å². The lowest BCUT2D eigenvalue weighted by Crippen LogP contribution is -2.38. The van der Waals surface area contributed by atoms with Crippen molar-refractivity contribution in [2.45, 2.75) is 18.9 Å². The van der Waals surface area contributed by atoms with Crippen molar-refractivity contribution in [2.75, 3.05) is 30.6 Å². The second-order valence-electron chi connectivity index (χ2n) is 4.49. The lowest BCUT2D eigenvalue weighted by molar-refractivity contribution is -0.137. The molecule has 0 saturated carbocycles. The van der Waals surface area contributed by atoms with Crippen LogP contribution in [0.1, 0.15) is 23.8 Å². The first kappa shape index (κ1) is 14.9. The van der Waals surface area contributed by atoms with E-state index in [1.54, 1.807) is 10.4 Å². The molecule has 0 amide bonds. The van der Waals surface area contributed by atoms with Crippen LogP contribution >= 0.6 is 0 Å². The summed E-state index contributed by atoms with van der Waals surface area (Å²) in [6, 6.07) is 1.96. The van der Waals surface area contributed by atoms with E-state index in [1.807, 2.05) is 0 Å². The first-order valence-electron chi connectivity index (χ1n) is 5.99. The highest BCUT2D eigenvalue weighted by Gasteiger charge is 2.37. The standard InChI is InChI=1S/C12H15F3N2O3/c1-20-11(18)7-5-10(17-3-2-4-17)8(12(13,14)15)6-9(7)16-19/h5-6,11,16,18-19H,2-4H2,1H3. The maximum Gasteiger partial charge on any atom is 0.418 e. The average Bonchev–Trinajstić information content (AvgIpc) is 2.34. The Labute approximate surface area is 113 Å². The summed E-state index contributed by atoms with van der Waals surface area (Å²) in [5.41, 5.74) is 0.593. The predicted octanol–water partition coefficient (Wildman–Crippen LogP) is 2.35. The minimum absolute atomic E-state index is 0.0196. The molecule has 112 valence electrons. The maximum atomic E-state index is 13.1. The fourth-order valence-electron chi connectivity index (χ4n) is 2.08. The molecule has 1 aromatic rings. The number of nitrogens with one attached hydrogen (secondary N) is 1. The summed E-state index contributed by atoms with van der Waals surface area (Å²) in [6.45, 7) is 1.05. The summed E-state index contributed by atoms with van der Waals surface area (Å²) >= 11 is 0. The molecule has 1 saturated heterocycles. The molecule has 1 aliphatic heterocycles. The van der Waals surface area contributed by atoms with Gasteiger partial charge in [-0.25, -0.2) is 0 Å². The van der Waals surface area contributed by atoms with E-state index in [9.17, 15) is 18.3 Å². The molecule has 0 aromatic heterocycles. The Morgan fingerprint density at radius 1 is 1.35 bits per heavy atom. The number of hydrogen-bond acceptors (Lipinski definition) is 5. The molecule has 2 rings (SSSR count). The molecule has 8 heteroatoms. The summed E-state index contributed by atoms with van der Waals surface area (Å²) in [7, 11) is 1.22. The maximum absolute atomic E-state index is 13.1. The molecule has 0 radical (unpaired) electrons. The van der Waals surface area contributed by atoms with E-state index < -0.39 is 18.0 Å². The van der Waals surface area contributed by atoms with E-state index in [0.717, 1.165) is 12.5 Å². The van der Waals surface area contributed by atoms with E-state index >= 15 is 0 Å². The molecule has 1 aromatic carbocycles. The number of alkyl halides is 3. The third-order valence-electron chi connectivity index (χ3n) is 3.28. The quantitative estimate of drug-likeness (QED) is 0.587. The van der Waals surface area contributed by atoms with Crippen LogP contribution in [0.5, 0.6) is 0 Å². The SMILES string of the molecule is COC(O)c1cc(N2CCC2)c(C(F)(F)F)cc1NO. The molecule has 1 heterocycles. The molecule has 0 spiro atoms. The Hall–Kier alpha value is -1.51.